The Labute approximate surface area is 115 Å². The lowest BCUT2D eigenvalue weighted by Crippen LogP contribution is -2.52. The van der Waals surface area contributed by atoms with E-state index in [1.807, 2.05) is 11.3 Å². The van der Waals surface area contributed by atoms with Crippen molar-refractivity contribution < 1.29 is 0 Å². The van der Waals surface area contributed by atoms with E-state index >= 15 is 0 Å². The second-order valence-electron chi connectivity index (χ2n) is 6.69. The minimum atomic E-state index is 0.326. The molecule has 0 amide bonds. The zero-order valence-corrected chi connectivity index (χ0v) is 12.6. The van der Waals surface area contributed by atoms with Gasteiger partial charge in [0.05, 0.1) is 5.54 Å². The van der Waals surface area contributed by atoms with Gasteiger partial charge >= 0.3 is 0 Å². The van der Waals surface area contributed by atoms with Gasteiger partial charge in [-0.3, -0.25) is 0 Å². The highest BCUT2D eigenvalue weighted by atomic mass is 32.1. The minimum absolute atomic E-state index is 0.326. The van der Waals surface area contributed by atoms with Crippen molar-refractivity contribution in [3.63, 3.8) is 0 Å². The topological polar surface area (TPSA) is 12.0 Å². The van der Waals surface area contributed by atoms with E-state index in [1.165, 1.54) is 32.1 Å². The van der Waals surface area contributed by atoms with E-state index in [4.69, 9.17) is 0 Å². The Morgan fingerprint density at radius 2 is 2.06 bits per heavy atom. The summed E-state index contributed by atoms with van der Waals surface area (Å²) in [5.74, 6) is 1.80. The maximum absolute atomic E-state index is 3.94. The van der Waals surface area contributed by atoms with Crippen molar-refractivity contribution in [2.75, 3.05) is 0 Å². The predicted octanol–water partition coefficient (Wildman–Crippen LogP) is 4.32. The van der Waals surface area contributed by atoms with E-state index in [0.29, 0.717) is 11.6 Å². The molecule has 2 aliphatic rings. The van der Waals surface area contributed by atoms with Crippen LogP contribution in [0, 0.1) is 11.8 Å². The van der Waals surface area contributed by atoms with Crippen LogP contribution in [-0.4, -0.2) is 6.04 Å². The highest BCUT2D eigenvalue weighted by Crippen LogP contribution is 2.47. The van der Waals surface area contributed by atoms with E-state index < -0.39 is 0 Å². The number of rotatable bonds is 1. The second kappa shape index (κ2) is 4.64. The number of hydrogen-bond donors (Lipinski definition) is 1. The zero-order valence-electron chi connectivity index (χ0n) is 11.8. The van der Waals surface area contributed by atoms with Gasteiger partial charge in [-0.1, -0.05) is 13.8 Å². The maximum atomic E-state index is 3.94. The summed E-state index contributed by atoms with van der Waals surface area (Å²) in [6.45, 7) is 7.11. The number of nitrogens with one attached hydrogen (secondary N) is 1. The van der Waals surface area contributed by atoms with E-state index in [0.717, 1.165) is 11.8 Å². The van der Waals surface area contributed by atoms with Gasteiger partial charge in [-0.2, -0.15) is 0 Å². The molecule has 1 atom stereocenters. The first-order valence-corrected chi connectivity index (χ1v) is 8.33. The first kappa shape index (κ1) is 12.7. The van der Waals surface area contributed by atoms with Gasteiger partial charge in [0.15, 0.2) is 0 Å². The van der Waals surface area contributed by atoms with Crippen LogP contribution in [0.15, 0.2) is 11.4 Å². The number of fused-ring (bicyclic) bond motifs is 2. The van der Waals surface area contributed by atoms with Crippen molar-refractivity contribution in [2.24, 2.45) is 11.8 Å². The number of thiophene rings is 1. The molecule has 1 nitrogen and oxygen atoms in total. The maximum Gasteiger partial charge on any atom is 0.0533 e. The Hall–Kier alpha value is -0.340. The Kier molecular flexibility index (Phi) is 3.27. The molecule has 2 heterocycles. The van der Waals surface area contributed by atoms with Crippen LogP contribution in [0.3, 0.4) is 0 Å². The Morgan fingerprint density at radius 1 is 1.33 bits per heavy atom. The fraction of sp³-hybridized carbons (Fsp3) is 0.750. The molecule has 1 unspecified atom stereocenters. The first-order chi connectivity index (χ1) is 8.61. The van der Waals surface area contributed by atoms with Gasteiger partial charge in [-0.05, 0) is 67.9 Å². The normalized spacial score (nSPS) is 36.0. The van der Waals surface area contributed by atoms with E-state index in [2.05, 4.69) is 37.5 Å². The molecule has 2 heteroatoms. The summed E-state index contributed by atoms with van der Waals surface area (Å²) in [6.07, 6.45) is 6.69. The van der Waals surface area contributed by atoms with Crippen LogP contribution in [0.2, 0.25) is 0 Å². The van der Waals surface area contributed by atoms with Crippen LogP contribution in [0.4, 0.5) is 0 Å². The summed E-state index contributed by atoms with van der Waals surface area (Å²) in [6, 6.07) is 3.00. The molecule has 0 bridgehead atoms. The smallest absolute Gasteiger partial charge is 0.0533 e. The summed E-state index contributed by atoms with van der Waals surface area (Å²) in [5, 5.41) is 6.24. The minimum Gasteiger partial charge on any atom is -0.304 e. The summed E-state index contributed by atoms with van der Waals surface area (Å²) in [5.41, 5.74) is 1.95. The molecule has 1 aromatic heterocycles. The fourth-order valence-corrected chi connectivity index (χ4v) is 5.17. The van der Waals surface area contributed by atoms with Gasteiger partial charge in [0.25, 0.3) is 0 Å². The molecule has 1 fully saturated rings. The van der Waals surface area contributed by atoms with Gasteiger partial charge in [0.1, 0.15) is 0 Å². The molecule has 18 heavy (non-hydrogen) atoms. The van der Waals surface area contributed by atoms with E-state index in [-0.39, 0.29) is 0 Å². The molecule has 1 spiro atoms. The Balaban J connectivity index is 1.85. The summed E-state index contributed by atoms with van der Waals surface area (Å²) < 4.78 is 0. The average molecular weight is 263 g/mol. The van der Waals surface area contributed by atoms with Crippen LogP contribution in [0.1, 0.15) is 56.9 Å². The third-order valence-electron chi connectivity index (χ3n) is 5.06. The highest BCUT2D eigenvalue weighted by molar-refractivity contribution is 7.10. The third kappa shape index (κ3) is 2.04. The Morgan fingerprint density at radius 3 is 2.72 bits per heavy atom. The number of hydrogen-bond acceptors (Lipinski definition) is 2. The van der Waals surface area contributed by atoms with Crippen molar-refractivity contribution in [3.05, 3.63) is 21.9 Å². The molecule has 1 aliphatic carbocycles. The monoisotopic (exact) mass is 263 g/mol. The van der Waals surface area contributed by atoms with Gasteiger partial charge in [-0.25, -0.2) is 0 Å². The average Bonchev–Trinajstić information content (AvgIpc) is 2.78. The van der Waals surface area contributed by atoms with Crippen LogP contribution < -0.4 is 5.32 Å². The standard InChI is InChI=1S/C16H25NS/c1-11(2)13-4-7-16(8-5-13)15-14(6-9-18-15)10-12(3)17-16/h6,9,11-13,17H,4-5,7-8,10H2,1-3H3. The SMILES string of the molecule is CC1Cc2ccsc2C2(CCC(C(C)C)CC2)N1. The summed E-state index contributed by atoms with van der Waals surface area (Å²) in [7, 11) is 0. The van der Waals surface area contributed by atoms with Gasteiger partial charge in [0.2, 0.25) is 0 Å². The quantitative estimate of drug-likeness (QED) is 0.795. The molecule has 0 radical (unpaired) electrons. The molecule has 1 aromatic rings. The van der Waals surface area contributed by atoms with Crippen LogP contribution in [0.5, 0.6) is 0 Å². The molecular weight excluding hydrogens is 238 g/mol. The molecular formula is C16H25NS. The molecule has 1 saturated carbocycles. The van der Waals surface area contributed by atoms with Crippen molar-refractivity contribution in [1.82, 2.24) is 5.32 Å². The van der Waals surface area contributed by atoms with Crippen LogP contribution >= 0.6 is 11.3 Å². The van der Waals surface area contributed by atoms with Gasteiger partial charge < -0.3 is 5.32 Å². The zero-order chi connectivity index (χ0) is 12.8. The van der Waals surface area contributed by atoms with Crippen molar-refractivity contribution in [1.29, 1.82) is 0 Å². The summed E-state index contributed by atoms with van der Waals surface area (Å²) >= 11 is 1.98. The predicted molar refractivity (Wildman–Crippen MR) is 79.1 cm³/mol. The highest BCUT2D eigenvalue weighted by Gasteiger charge is 2.42. The van der Waals surface area contributed by atoms with E-state index in [9.17, 15) is 0 Å². The van der Waals surface area contributed by atoms with Crippen LogP contribution in [-0.2, 0) is 12.0 Å². The Bertz CT molecular complexity index is 412. The van der Waals surface area contributed by atoms with E-state index in [1.54, 1.807) is 10.4 Å². The lowest BCUT2D eigenvalue weighted by Gasteiger charge is -2.46. The first-order valence-electron chi connectivity index (χ1n) is 7.45. The van der Waals surface area contributed by atoms with Gasteiger partial charge in [-0.15, -0.1) is 11.3 Å². The molecule has 100 valence electrons. The molecule has 0 saturated heterocycles. The van der Waals surface area contributed by atoms with Crippen LogP contribution in [0.25, 0.3) is 0 Å². The largest absolute Gasteiger partial charge is 0.304 e. The van der Waals surface area contributed by atoms with Crippen molar-refractivity contribution in [2.45, 2.75) is 64.5 Å². The molecule has 3 rings (SSSR count). The fourth-order valence-electron chi connectivity index (χ4n) is 4.01. The summed E-state index contributed by atoms with van der Waals surface area (Å²) in [4.78, 5) is 1.66. The molecule has 0 aromatic carbocycles. The van der Waals surface area contributed by atoms with Gasteiger partial charge in [0, 0.05) is 10.9 Å². The molecule has 1 N–H and O–H groups in total. The lowest BCUT2D eigenvalue weighted by atomic mass is 9.70. The van der Waals surface area contributed by atoms with Crippen molar-refractivity contribution in [3.8, 4) is 0 Å². The third-order valence-corrected chi connectivity index (χ3v) is 6.22. The second-order valence-corrected chi connectivity index (χ2v) is 7.60. The van der Waals surface area contributed by atoms with Crippen molar-refractivity contribution >= 4 is 11.3 Å². The molecule has 1 aliphatic heterocycles. The lowest BCUT2D eigenvalue weighted by molar-refractivity contribution is 0.143.